The Hall–Kier alpha value is -2.45. The Balaban J connectivity index is 2.25. The topological polar surface area (TPSA) is 69.7 Å². The van der Waals surface area contributed by atoms with Gasteiger partial charge in [0.1, 0.15) is 12.4 Å². The van der Waals surface area contributed by atoms with E-state index in [0.29, 0.717) is 11.6 Å². The molecule has 0 saturated carbocycles. The van der Waals surface area contributed by atoms with Crippen LogP contribution in [0.15, 0.2) is 48.5 Å². The number of benzene rings is 2. The van der Waals surface area contributed by atoms with E-state index in [2.05, 4.69) is 19.2 Å². The molecule has 0 fully saturated rings. The van der Waals surface area contributed by atoms with Crippen molar-refractivity contribution in [2.75, 3.05) is 30.3 Å². The maximum atomic E-state index is 14.2. The van der Waals surface area contributed by atoms with Gasteiger partial charge in [0.15, 0.2) is 0 Å². The number of hydrogen-bond donors (Lipinski definition) is 1. The Labute approximate surface area is 159 Å². The second-order valence-corrected chi connectivity index (χ2v) is 8.64. The molecule has 6 nitrogen and oxygen atoms in total. The number of nitrogens with one attached hydrogen (secondary N) is 1. The van der Waals surface area contributed by atoms with E-state index in [1.807, 2.05) is 12.1 Å². The second kappa shape index (κ2) is 8.49. The van der Waals surface area contributed by atoms with Crippen LogP contribution in [-0.2, 0) is 15.0 Å². The highest BCUT2D eigenvalue weighted by Crippen LogP contribution is 2.23. The SMILES string of the molecule is CC(C)c1ccc(NC(=O)CN(c2ccccc2F)S(=O)(=O)N(C)C)cc1. The number of anilines is 2. The van der Waals surface area contributed by atoms with Crippen molar-refractivity contribution in [3.63, 3.8) is 0 Å². The summed E-state index contributed by atoms with van der Waals surface area (Å²) in [5.41, 5.74) is 1.48. The van der Waals surface area contributed by atoms with Crippen LogP contribution in [0.4, 0.5) is 15.8 Å². The summed E-state index contributed by atoms with van der Waals surface area (Å²) in [7, 11) is -1.40. The van der Waals surface area contributed by atoms with Crippen LogP contribution in [-0.4, -0.2) is 39.3 Å². The van der Waals surface area contributed by atoms with Gasteiger partial charge in [-0.1, -0.05) is 38.1 Å². The van der Waals surface area contributed by atoms with Gasteiger partial charge in [-0.25, -0.2) is 8.70 Å². The molecule has 0 unspecified atom stereocenters. The predicted molar refractivity (Wildman–Crippen MR) is 106 cm³/mol. The summed E-state index contributed by atoms with van der Waals surface area (Å²) in [6.45, 7) is 3.57. The summed E-state index contributed by atoms with van der Waals surface area (Å²) in [6.07, 6.45) is 0. The summed E-state index contributed by atoms with van der Waals surface area (Å²) >= 11 is 0. The molecule has 0 bridgehead atoms. The Morgan fingerprint density at radius 1 is 1.07 bits per heavy atom. The highest BCUT2D eigenvalue weighted by Gasteiger charge is 2.29. The Morgan fingerprint density at radius 3 is 2.19 bits per heavy atom. The lowest BCUT2D eigenvalue weighted by Crippen LogP contribution is -2.44. The van der Waals surface area contributed by atoms with Gasteiger partial charge in [-0.2, -0.15) is 12.7 Å². The zero-order chi connectivity index (χ0) is 20.2. The van der Waals surface area contributed by atoms with E-state index >= 15 is 0 Å². The first-order valence-electron chi connectivity index (χ1n) is 8.47. The third-order valence-corrected chi connectivity index (χ3v) is 5.82. The second-order valence-electron chi connectivity index (χ2n) is 6.57. The van der Waals surface area contributed by atoms with Gasteiger partial charge in [-0.15, -0.1) is 0 Å². The van der Waals surface area contributed by atoms with E-state index in [4.69, 9.17) is 0 Å². The third-order valence-electron chi connectivity index (χ3n) is 4.01. The molecule has 0 spiro atoms. The van der Waals surface area contributed by atoms with E-state index in [1.165, 1.54) is 32.3 Å². The highest BCUT2D eigenvalue weighted by molar-refractivity contribution is 7.90. The molecule has 0 aliphatic heterocycles. The molecule has 27 heavy (non-hydrogen) atoms. The Morgan fingerprint density at radius 2 is 1.67 bits per heavy atom. The van der Waals surface area contributed by atoms with Crippen LogP contribution in [0.2, 0.25) is 0 Å². The molecule has 0 saturated heterocycles. The molecule has 0 aliphatic rings. The molecule has 8 heteroatoms. The van der Waals surface area contributed by atoms with Gasteiger partial charge >= 0.3 is 10.2 Å². The Kier molecular flexibility index (Phi) is 6.56. The van der Waals surface area contributed by atoms with Gasteiger partial charge in [0.05, 0.1) is 5.69 Å². The lowest BCUT2D eigenvalue weighted by molar-refractivity contribution is -0.114. The van der Waals surface area contributed by atoms with Crippen molar-refractivity contribution >= 4 is 27.5 Å². The van der Waals surface area contributed by atoms with E-state index in [-0.39, 0.29) is 5.69 Å². The first-order chi connectivity index (χ1) is 12.6. The quantitative estimate of drug-likeness (QED) is 0.785. The summed E-state index contributed by atoms with van der Waals surface area (Å²) in [5.74, 6) is -0.936. The van der Waals surface area contributed by atoms with Gasteiger partial charge in [0.25, 0.3) is 0 Å². The molecule has 0 atom stereocenters. The van der Waals surface area contributed by atoms with Crippen LogP contribution in [0.3, 0.4) is 0 Å². The first-order valence-corrected chi connectivity index (χ1v) is 9.87. The number of nitrogens with zero attached hydrogens (tertiary/aromatic N) is 2. The minimum absolute atomic E-state index is 0.184. The van der Waals surface area contributed by atoms with Gasteiger partial charge in [-0.05, 0) is 35.7 Å². The van der Waals surface area contributed by atoms with Crippen molar-refractivity contribution in [2.45, 2.75) is 19.8 Å². The summed E-state index contributed by atoms with van der Waals surface area (Å²) in [4.78, 5) is 12.4. The lowest BCUT2D eigenvalue weighted by Gasteiger charge is -2.27. The molecular formula is C19H24FN3O3S. The highest BCUT2D eigenvalue weighted by atomic mass is 32.2. The average Bonchev–Trinajstić information content (AvgIpc) is 2.60. The van der Waals surface area contributed by atoms with Crippen LogP contribution < -0.4 is 9.62 Å². The van der Waals surface area contributed by atoms with Crippen LogP contribution in [0.1, 0.15) is 25.3 Å². The monoisotopic (exact) mass is 393 g/mol. The van der Waals surface area contributed by atoms with Crippen LogP contribution in [0, 0.1) is 5.82 Å². The molecule has 2 aromatic rings. The van der Waals surface area contributed by atoms with Crippen molar-refractivity contribution < 1.29 is 17.6 Å². The fraction of sp³-hybridized carbons (Fsp3) is 0.316. The summed E-state index contributed by atoms with van der Waals surface area (Å²) in [5, 5.41) is 2.65. The van der Waals surface area contributed by atoms with Crippen molar-refractivity contribution in [3.8, 4) is 0 Å². The van der Waals surface area contributed by atoms with Gasteiger partial charge < -0.3 is 5.32 Å². The van der Waals surface area contributed by atoms with Crippen molar-refractivity contribution in [1.82, 2.24) is 4.31 Å². The predicted octanol–water partition coefficient (Wildman–Crippen LogP) is 3.20. The van der Waals surface area contributed by atoms with E-state index in [9.17, 15) is 17.6 Å². The van der Waals surface area contributed by atoms with Gasteiger partial charge in [-0.3, -0.25) is 4.79 Å². The molecule has 2 rings (SSSR count). The number of halogens is 1. The third kappa shape index (κ3) is 5.05. The normalized spacial score (nSPS) is 11.7. The molecule has 1 N–H and O–H groups in total. The van der Waals surface area contributed by atoms with Gasteiger partial charge in [0, 0.05) is 19.8 Å². The average molecular weight is 393 g/mol. The van der Waals surface area contributed by atoms with E-state index in [0.717, 1.165) is 20.2 Å². The summed E-state index contributed by atoms with van der Waals surface area (Å²) < 4.78 is 41.1. The molecule has 2 aromatic carbocycles. The van der Waals surface area contributed by atoms with Crippen LogP contribution >= 0.6 is 0 Å². The standard InChI is InChI=1S/C19H24FN3O3S/c1-14(2)15-9-11-16(12-10-15)21-19(24)13-23(27(25,26)22(3)4)18-8-6-5-7-17(18)20/h5-12,14H,13H2,1-4H3,(H,21,24). The molecule has 0 aromatic heterocycles. The number of hydrogen-bond acceptors (Lipinski definition) is 3. The largest absolute Gasteiger partial charge is 0.325 e. The molecule has 146 valence electrons. The fourth-order valence-electron chi connectivity index (χ4n) is 2.42. The smallest absolute Gasteiger partial charge is 0.304 e. The number of carbonyl (C=O) groups excluding carboxylic acids is 1. The molecule has 0 heterocycles. The number of carbonyl (C=O) groups is 1. The number of rotatable bonds is 7. The molecule has 1 amide bonds. The number of para-hydroxylation sites is 1. The van der Waals surface area contributed by atoms with Gasteiger partial charge in [0.2, 0.25) is 5.91 Å². The van der Waals surface area contributed by atoms with Crippen molar-refractivity contribution in [2.24, 2.45) is 0 Å². The maximum absolute atomic E-state index is 14.2. The summed E-state index contributed by atoms with van der Waals surface area (Å²) in [6, 6.07) is 12.7. The molecule has 0 aliphatic carbocycles. The number of amides is 1. The zero-order valence-electron chi connectivity index (χ0n) is 15.8. The maximum Gasteiger partial charge on any atom is 0.304 e. The zero-order valence-corrected chi connectivity index (χ0v) is 16.6. The van der Waals surface area contributed by atoms with E-state index < -0.39 is 28.5 Å². The van der Waals surface area contributed by atoms with Crippen molar-refractivity contribution in [1.29, 1.82) is 0 Å². The minimum atomic E-state index is -4.05. The minimum Gasteiger partial charge on any atom is -0.325 e. The first kappa shape index (κ1) is 20.9. The fourth-order valence-corrected chi connectivity index (χ4v) is 3.50. The van der Waals surface area contributed by atoms with Crippen LogP contribution in [0.5, 0.6) is 0 Å². The molecular weight excluding hydrogens is 369 g/mol. The van der Waals surface area contributed by atoms with E-state index in [1.54, 1.807) is 12.1 Å². The lowest BCUT2D eigenvalue weighted by atomic mass is 10.0. The molecule has 0 radical (unpaired) electrons. The van der Waals surface area contributed by atoms with Crippen LogP contribution in [0.25, 0.3) is 0 Å². The Bertz CT molecular complexity index is 897. The van der Waals surface area contributed by atoms with Crippen molar-refractivity contribution in [3.05, 3.63) is 59.9 Å².